The Morgan fingerprint density at radius 1 is 1.16 bits per heavy atom. The molecule has 0 spiro atoms. The fourth-order valence-electron chi connectivity index (χ4n) is 2.14. The van der Waals surface area contributed by atoms with E-state index in [-0.39, 0.29) is 0 Å². The van der Waals surface area contributed by atoms with E-state index >= 15 is 0 Å². The van der Waals surface area contributed by atoms with Gasteiger partial charge in [0.1, 0.15) is 0 Å². The lowest BCUT2D eigenvalue weighted by molar-refractivity contribution is -0.146. The third kappa shape index (κ3) is 3.57. The van der Waals surface area contributed by atoms with Crippen LogP contribution in [-0.4, -0.2) is 17.6 Å². The molecule has 0 saturated heterocycles. The number of hydrogen-bond donors (Lipinski definition) is 2. The van der Waals surface area contributed by atoms with Crippen LogP contribution in [0.3, 0.4) is 0 Å². The largest absolute Gasteiger partial charge is 0.481 e. The predicted octanol–water partition coefficient (Wildman–Crippen LogP) is 3.12. The zero-order valence-electron chi connectivity index (χ0n) is 12.8. The van der Waals surface area contributed by atoms with Crippen LogP contribution in [0.4, 0.5) is 0 Å². The Balaban J connectivity index is 2.82. The van der Waals surface area contributed by atoms with Gasteiger partial charge in [-0.1, -0.05) is 6.07 Å². The van der Waals surface area contributed by atoms with E-state index in [4.69, 9.17) is 5.11 Å². The standard InChI is InChI=1S/C16H25NO2/c1-10-7-11(2)13(4)14(12(10)3)8-17-9-16(5,6)15(18)19/h7,17H,8-9H2,1-6H3,(H,18,19). The Hall–Kier alpha value is -1.35. The van der Waals surface area contributed by atoms with Gasteiger partial charge in [-0.2, -0.15) is 0 Å². The number of hydrogen-bond acceptors (Lipinski definition) is 2. The summed E-state index contributed by atoms with van der Waals surface area (Å²) >= 11 is 0. The fraction of sp³-hybridized carbons (Fsp3) is 0.562. The Morgan fingerprint density at radius 2 is 1.63 bits per heavy atom. The lowest BCUT2D eigenvalue weighted by atomic mass is 9.92. The first-order valence-electron chi connectivity index (χ1n) is 6.67. The summed E-state index contributed by atoms with van der Waals surface area (Å²) in [5.74, 6) is -0.770. The lowest BCUT2D eigenvalue weighted by Crippen LogP contribution is -2.36. The van der Waals surface area contributed by atoms with Crippen molar-refractivity contribution in [3.05, 3.63) is 33.9 Å². The summed E-state index contributed by atoms with van der Waals surface area (Å²) in [6.45, 7) is 13.2. The Morgan fingerprint density at radius 3 is 2.05 bits per heavy atom. The normalized spacial score (nSPS) is 11.7. The molecule has 3 nitrogen and oxygen atoms in total. The molecule has 0 fully saturated rings. The maximum absolute atomic E-state index is 11.1. The molecule has 0 unspecified atom stereocenters. The summed E-state index contributed by atoms with van der Waals surface area (Å²) in [6, 6.07) is 2.20. The number of carboxylic acids is 1. The minimum absolute atomic E-state index is 0.466. The van der Waals surface area contributed by atoms with Crippen LogP contribution >= 0.6 is 0 Å². The van der Waals surface area contributed by atoms with Gasteiger partial charge < -0.3 is 10.4 Å². The van der Waals surface area contributed by atoms with Crippen molar-refractivity contribution in [3.63, 3.8) is 0 Å². The maximum Gasteiger partial charge on any atom is 0.310 e. The molecule has 0 aliphatic carbocycles. The summed E-state index contributed by atoms with van der Waals surface area (Å²) in [6.07, 6.45) is 0. The monoisotopic (exact) mass is 263 g/mol. The first-order chi connectivity index (χ1) is 8.66. The van der Waals surface area contributed by atoms with Gasteiger partial charge in [0.15, 0.2) is 0 Å². The van der Waals surface area contributed by atoms with Crippen LogP contribution in [0.1, 0.15) is 41.7 Å². The van der Waals surface area contributed by atoms with Crippen molar-refractivity contribution < 1.29 is 9.90 Å². The van der Waals surface area contributed by atoms with E-state index in [1.165, 1.54) is 27.8 Å². The molecule has 0 aliphatic heterocycles. The molecule has 0 saturated carbocycles. The van der Waals surface area contributed by atoms with E-state index in [1.807, 2.05) is 0 Å². The summed E-state index contributed by atoms with van der Waals surface area (Å²) in [5.41, 5.74) is 5.72. The van der Waals surface area contributed by atoms with E-state index in [1.54, 1.807) is 13.8 Å². The smallest absolute Gasteiger partial charge is 0.310 e. The third-order valence-corrected chi connectivity index (χ3v) is 3.97. The minimum atomic E-state index is -0.770. The van der Waals surface area contributed by atoms with Crippen LogP contribution in [-0.2, 0) is 11.3 Å². The molecule has 106 valence electrons. The summed E-state index contributed by atoms with van der Waals surface area (Å²) in [4.78, 5) is 11.1. The van der Waals surface area contributed by atoms with Crippen LogP contribution in [0, 0.1) is 33.1 Å². The zero-order valence-corrected chi connectivity index (χ0v) is 12.8. The number of carbonyl (C=O) groups is 1. The number of aryl methyl sites for hydroxylation is 2. The molecular formula is C16H25NO2. The molecule has 0 heterocycles. The molecule has 1 aromatic carbocycles. The lowest BCUT2D eigenvalue weighted by Gasteiger charge is -2.21. The van der Waals surface area contributed by atoms with Gasteiger partial charge in [0.2, 0.25) is 0 Å². The molecule has 0 radical (unpaired) electrons. The molecule has 1 rings (SSSR count). The first-order valence-corrected chi connectivity index (χ1v) is 6.67. The van der Waals surface area contributed by atoms with Crippen molar-refractivity contribution in [3.8, 4) is 0 Å². The number of aliphatic carboxylic acids is 1. The van der Waals surface area contributed by atoms with E-state index in [2.05, 4.69) is 39.1 Å². The molecular weight excluding hydrogens is 238 g/mol. The molecule has 0 amide bonds. The highest BCUT2D eigenvalue weighted by Crippen LogP contribution is 2.22. The molecule has 0 aliphatic rings. The highest BCUT2D eigenvalue weighted by molar-refractivity contribution is 5.73. The molecule has 0 atom stereocenters. The van der Waals surface area contributed by atoms with E-state index in [9.17, 15) is 4.79 Å². The second-order valence-electron chi connectivity index (χ2n) is 6.03. The first kappa shape index (κ1) is 15.7. The van der Waals surface area contributed by atoms with Crippen LogP contribution in [0.15, 0.2) is 6.07 Å². The average Bonchev–Trinajstić information content (AvgIpc) is 2.31. The van der Waals surface area contributed by atoms with Gasteiger partial charge in [-0.3, -0.25) is 4.79 Å². The van der Waals surface area contributed by atoms with Gasteiger partial charge in [0.05, 0.1) is 5.41 Å². The van der Waals surface area contributed by atoms with E-state index in [0.29, 0.717) is 6.54 Å². The summed E-state index contributed by atoms with van der Waals surface area (Å²) in [5, 5.41) is 12.4. The second kappa shape index (κ2) is 5.74. The van der Waals surface area contributed by atoms with Crippen LogP contribution in [0.2, 0.25) is 0 Å². The quantitative estimate of drug-likeness (QED) is 0.858. The van der Waals surface area contributed by atoms with Gasteiger partial charge >= 0.3 is 5.97 Å². The highest BCUT2D eigenvalue weighted by Gasteiger charge is 2.26. The Kier molecular flexibility index (Phi) is 4.75. The molecule has 0 aromatic heterocycles. The van der Waals surface area contributed by atoms with Gasteiger partial charge in [-0.25, -0.2) is 0 Å². The fourth-order valence-corrected chi connectivity index (χ4v) is 2.14. The summed E-state index contributed by atoms with van der Waals surface area (Å²) in [7, 11) is 0. The van der Waals surface area contributed by atoms with Gasteiger partial charge in [0, 0.05) is 13.1 Å². The van der Waals surface area contributed by atoms with E-state index in [0.717, 1.165) is 6.54 Å². The van der Waals surface area contributed by atoms with Crippen LogP contribution in [0.5, 0.6) is 0 Å². The Labute approximate surface area is 116 Å². The highest BCUT2D eigenvalue weighted by atomic mass is 16.4. The third-order valence-electron chi connectivity index (χ3n) is 3.97. The number of benzene rings is 1. The van der Waals surface area contributed by atoms with Gasteiger partial charge in [-0.15, -0.1) is 0 Å². The minimum Gasteiger partial charge on any atom is -0.481 e. The molecule has 1 aromatic rings. The summed E-state index contributed by atoms with van der Waals surface area (Å²) < 4.78 is 0. The molecule has 2 N–H and O–H groups in total. The average molecular weight is 263 g/mol. The number of rotatable bonds is 5. The molecule has 0 bridgehead atoms. The van der Waals surface area contributed by atoms with Crippen molar-refractivity contribution in [2.75, 3.05) is 6.54 Å². The van der Waals surface area contributed by atoms with Crippen molar-refractivity contribution in [2.45, 2.75) is 48.1 Å². The van der Waals surface area contributed by atoms with Crippen molar-refractivity contribution in [1.29, 1.82) is 0 Å². The number of nitrogens with one attached hydrogen (secondary N) is 1. The number of carboxylic acid groups (broad SMARTS) is 1. The topological polar surface area (TPSA) is 49.3 Å². The Bertz CT molecular complexity index is 464. The molecule has 19 heavy (non-hydrogen) atoms. The predicted molar refractivity (Wildman–Crippen MR) is 78.5 cm³/mol. The van der Waals surface area contributed by atoms with Crippen molar-refractivity contribution >= 4 is 5.97 Å². The van der Waals surface area contributed by atoms with Crippen LogP contribution < -0.4 is 5.32 Å². The van der Waals surface area contributed by atoms with Gasteiger partial charge in [-0.05, 0) is 69.4 Å². The van der Waals surface area contributed by atoms with Crippen molar-refractivity contribution in [2.24, 2.45) is 5.41 Å². The SMILES string of the molecule is Cc1cc(C)c(C)c(CNCC(C)(C)C(=O)O)c1C. The van der Waals surface area contributed by atoms with Crippen molar-refractivity contribution in [1.82, 2.24) is 5.32 Å². The van der Waals surface area contributed by atoms with E-state index < -0.39 is 11.4 Å². The zero-order chi connectivity index (χ0) is 14.8. The van der Waals surface area contributed by atoms with Crippen LogP contribution in [0.25, 0.3) is 0 Å². The second-order valence-corrected chi connectivity index (χ2v) is 6.03. The van der Waals surface area contributed by atoms with Gasteiger partial charge in [0.25, 0.3) is 0 Å². The molecule has 3 heteroatoms. The maximum atomic E-state index is 11.1.